The smallest absolute Gasteiger partial charge is 0.322 e. The molecule has 2 amide bonds. The molecule has 29 heavy (non-hydrogen) atoms. The zero-order chi connectivity index (χ0) is 20.0. The van der Waals surface area contributed by atoms with Gasteiger partial charge in [-0.05, 0) is 36.0 Å². The molecule has 0 unspecified atom stereocenters. The van der Waals surface area contributed by atoms with Gasteiger partial charge in [0.15, 0.2) is 0 Å². The molecule has 0 saturated carbocycles. The van der Waals surface area contributed by atoms with Crippen molar-refractivity contribution < 1.29 is 4.79 Å². The van der Waals surface area contributed by atoms with Crippen molar-refractivity contribution in [1.29, 1.82) is 0 Å². The molecule has 0 atom stereocenters. The number of urea groups is 1. The lowest BCUT2D eigenvalue weighted by Gasteiger charge is -2.34. The number of carbonyl (C=O) groups excluding carboxylic acids is 1. The summed E-state index contributed by atoms with van der Waals surface area (Å²) in [5.41, 5.74) is 3.85. The molecule has 0 spiro atoms. The van der Waals surface area contributed by atoms with E-state index in [-0.39, 0.29) is 6.03 Å². The van der Waals surface area contributed by atoms with Crippen LogP contribution < -0.4 is 0 Å². The molecule has 1 saturated heterocycles. The third kappa shape index (κ3) is 3.40. The zero-order valence-corrected chi connectivity index (χ0v) is 18.4. The third-order valence-electron chi connectivity index (χ3n) is 5.43. The SMILES string of the molecule is CN1CCN(C(=O)N2Cc3nc(-c4cccs4)cc(-c4cccs4)c3C2=S)CC1. The van der Waals surface area contributed by atoms with Crippen LogP contribution >= 0.6 is 34.9 Å². The van der Waals surface area contributed by atoms with Crippen molar-refractivity contribution >= 4 is 45.9 Å². The Kier molecular flexibility index (Phi) is 4.95. The maximum Gasteiger partial charge on any atom is 0.325 e. The summed E-state index contributed by atoms with van der Waals surface area (Å²) in [5, 5.41) is 4.13. The number of pyridine rings is 1. The monoisotopic (exact) mass is 440 g/mol. The molecule has 0 radical (unpaired) electrons. The van der Waals surface area contributed by atoms with Crippen molar-refractivity contribution in [3.63, 3.8) is 0 Å². The number of hydrogen-bond acceptors (Lipinski definition) is 6. The Bertz CT molecular complexity index is 1050. The summed E-state index contributed by atoms with van der Waals surface area (Å²) in [6.45, 7) is 3.69. The number of fused-ring (bicyclic) bond motifs is 1. The fraction of sp³-hybridized carbons (Fsp3) is 0.286. The first-order chi connectivity index (χ1) is 14.1. The standard InChI is InChI=1S/C21H20N4OS3/c1-23-6-8-24(9-7-23)21(26)25-13-16-19(20(25)27)14(17-4-2-10-28-17)12-15(22-16)18-5-3-11-29-18/h2-5,10-12H,6-9,13H2,1H3. The van der Waals surface area contributed by atoms with Gasteiger partial charge >= 0.3 is 6.03 Å². The van der Waals surface area contributed by atoms with E-state index in [1.807, 2.05) is 17.0 Å². The van der Waals surface area contributed by atoms with Gasteiger partial charge < -0.3 is 9.80 Å². The number of hydrogen-bond donors (Lipinski definition) is 0. The van der Waals surface area contributed by atoms with Crippen molar-refractivity contribution in [3.05, 3.63) is 52.3 Å². The molecule has 5 nitrogen and oxygen atoms in total. The third-order valence-corrected chi connectivity index (χ3v) is 7.65. The van der Waals surface area contributed by atoms with Crippen LogP contribution in [0.5, 0.6) is 0 Å². The highest BCUT2D eigenvalue weighted by Gasteiger charge is 2.36. The molecule has 5 rings (SSSR count). The molecule has 3 aromatic heterocycles. The normalized spacial score (nSPS) is 17.1. The van der Waals surface area contributed by atoms with Crippen LogP contribution in [0.1, 0.15) is 11.3 Å². The zero-order valence-electron chi connectivity index (χ0n) is 16.0. The van der Waals surface area contributed by atoms with Crippen molar-refractivity contribution in [1.82, 2.24) is 19.7 Å². The fourth-order valence-electron chi connectivity index (χ4n) is 3.81. The van der Waals surface area contributed by atoms with Gasteiger partial charge in [0, 0.05) is 42.2 Å². The summed E-state index contributed by atoms with van der Waals surface area (Å²) in [6, 6.07) is 10.4. The molecule has 0 aromatic carbocycles. The van der Waals surface area contributed by atoms with E-state index in [0.29, 0.717) is 11.5 Å². The van der Waals surface area contributed by atoms with Gasteiger partial charge in [-0.15, -0.1) is 22.7 Å². The number of piperazine rings is 1. The Morgan fingerprint density at radius 3 is 2.41 bits per heavy atom. The Morgan fingerprint density at radius 2 is 1.76 bits per heavy atom. The maximum atomic E-state index is 13.2. The quantitative estimate of drug-likeness (QED) is 0.554. The molecule has 1 fully saturated rings. The highest BCUT2D eigenvalue weighted by molar-refractivity contribution is 7.80. The minimum absolute atomic E-state index is 0.00379. The van der Waals surface area contributed by atoms with Crippen molar-refractivity contribution in [2.45, 2.75) is 6.54 Å². The van der Waals surface area contributed by atoms with Crippen LogP contribution in [0.25, 0.3) is 21.0 Å². The maximum absolute atomic E-state index is 13.2. The molecule has 8 heteroatoms. The average molecular weight is 441 g/mol. The molecule has 2 aliphatic heterocycles. The van der Waals surface area contributed by atoms with Crippen LogP contribution in [-0.4, -0.2) is 63.9 Å². The number of nitrogens with zero attached hydrogens (tertiary/aromatic N) is 4. The second-order valence-corrected chi connectivity index (χ2v) is 9.58. The number of thiophene rings is 2. The molecule has 2 aliphatic rings. The molecular formula is C21H20N4OS3. The summed E-state index contributed by atoms with van der Waals surface area (Å²) in [7, 11) is 2.08. The van der Waals surface area contributed by atoms with E-state index in [4.69, 9.17) is 17.2 Å². The molecular weight excluding hydrogens is 420 g/mol. The molecule has 0 bridgehead atoms. The van der Waals surface area contributed by atoms with Gasteiger partial charge in [0.05, 0.1) is 22.8 Å². The van der Waals surface area contributed by atoms with E-state index >= 15 is 0 Å². The summed E-state index contributed by atoms with van der Waals surface area (Å²) < 4.78 is 0. The predicted octanol–water partition coefficient (Wildman–Crippen LogP) is 4.40. The van der Waals surface area contributed by atoms with Gasteiger partial charge in [-0.3, -0.25) is 4.90 Å². The minimum Gasteiger partial charge on any atom is -0.322 e. The van der Waals surface area contributed by atoms with E-state index in [1.165, 1.54) is 0 Å². The average Bonchev–Trinajstić information content (AvgIpc) is 3.49. The molecule has 5 heterocycles. The Morgan fingerprint density at radius 1 is 1.07 bits per heavy atom. The van der Waals surface area contributed by atoms with E-state index in [2.05, 4.69) is 40.9 Å². The first-order valence-electron chi connectivity index (χ1n) is 9.53. The fourth-order valence-corrected chi connectivity index (χ4v) is 5.61. The Labute approximate surface area is 183 Å². The lowest BCUT2D eigenvalue weighted by atomic mass is 10.0. The highest BCUT2D eigenvalue weighted by Crippen LogP contribution is 2.38. The van der Waals surface area contributed by atoms with Crippen molar-refractivity contribution in [2.75, 3.05) is 33.2 Å². The van der Waals surface area contributed by atoms with Crippen LogP contribution in [0.4, 0.5) is 4.79 Å². The number of thiocarbonyl (C=S) groups is 1. The van der Waals surface area contributed by atoms with Crippen LogP contribution in [0, 0.1) is 0 Å². The van der Waals surface area contributed by atoms with Crippen LogP contribution in [0.15, 0.2) is 41.1 Å². The Balaban J connectivity index is 1.53. The summed E-state index contributed by atoms with van der Waals surface area (Å²) >= 11 is 9.16. The number of likely N-dealkylation sites (N-methyl/N-ethyl adjacent to an activating group) is 1. The van der Waals surface area contributed by atoms with E-state index in [0.717, 1.165) is 58.4 Å². The van der Waals surface area contributed by atoms with Crippen LogP contribution in [0.2, 0.25) is 0 Å². The molecule has 148 valence electrons. The van der Waals surface area contributed by atoms with Gasteiger partial charge in [0.25, 0.3) is 0 Å². The van der Waals surface area contributed by atoms with E-state index < -0.39 is 0 Å². The second kappa shape index (κ2) is 7.60. The second-order valence-electron chi connectivity index (χ2n) is 7.30. The highest BCUT2D eigenvalue weighted by atomic mass is 32.1. The van der Waals surface area contributed by atoms with Crippen molar-refractivity contribution in [2.24, 2.45) is 0 Å². The topological polar surface area (TPSA) is 39.7 Å². The number of carbonyl (C=O) groups is 1. The largest absolute Gasteiger partial charge is 0.325 e. The van der Waals surface area contributed by atoms with Gasteiger partial charge in [0.2, 0.25) is 0 Å². The van der Waals surface area contributed by atoms with Gasteiger partial charge in [-0.2, -0.15) is 0 Å². The number of rotatable bonds is 2. The summed E-state index contributed by atoms with van der Waals surface area (Å²) in [6.07, 6.45) is 0. The first kappa shape index (κ1) is 18.9. The number of amides is 2. The van der Waals surface area contributed by atoms with E-state index in [1.54, 1.807) is 27.6 Å². The van der Waals surface area contributed by atoms with Crippen LogP contribution in [0.3, 0.4) is 0 Å². The first-order valence-corrected chi connectivity index (χ1v) is 11.7. The minimum atomic E-state index is -0.00379. The van der Waals surface area contributed by atoms with Gasteiger partial charge in [-0.25, -0.2) is 9.78 Å². The van der Waals surface area contributed by atoms with E-state index in [9.17, 15) is 4.79 Å². The molecule has 0 N–H and O–H groups in total. The van der Waals surface area contributed by atoms with Crippen LogP contribution in [-0.2, 0) is 6.54 Å². The lowest BCUT2D eigenvalue weighted by Crippen LogP contribution is -2.51. The lowest BCUT2D eigenvalue weighted by molar-refractivity contribution is 0.138. The van der Waals surface area contributed by atoms with Gasteiger partial charge in [-0.1, -0.05) is 24.4 Å². The number of aromatic nitrogens is 1. The Hall–Kier alpha value is -2.13. The van der Waals surface area contributed by atoms with Gasteiger partial charge in [0.1, 0.15) is 4.99 Å². The predicted molar refractivity (Wildman–Crippen MR) is 123 cm³/mol. The summed E-state index contributed by atoms with van der Waals surface area (Å²) in [5.74, 6) is 0. The molecule has 3 aromatic rings. The molecule has 0 aliphatic carbocycles. The van der Waals surface area contributed by atoms with Crippen molar-refractivity contribution in [3.8, 4) is 21.0 Å². The summed E-state index contributed by atoms with van der Waals surface area (Å²) in [4.78, 5) is 26.9.